The lowest BCUT2D eigenvalue weighted by atomic mass is 10.2. The van der Waals surface area contributed by atoms with Crippen molar-refractivity contribution in [2.75, 3.05) is 44.7 Å². The van der Waals surface area contributed by atoms with E-state index in [0.29, 0.717) is 23.2 Å². The first-order valence-electron chi connectivity index (χ1n) is 6.62. The van der Waals surface area contributed by atoms with Gasteiger partial charge in [0, 0.05) is 43.8 Å². The number of amides is 1. The molecule has 0 saturated carbocycles. The van der Waals surface area contributed by atoms with E-state index < -0.39 is 4.92 Å². The molecular formula is C13H17BrN4O3. The first-order valence-corrected chi connectivity index (χ1v) is 7.42. The monoisotopic (exact) mass is 356 g/mol. The van der Waals surface area contributed by atoms with Crippen LogP contribution < -0.4 is 10.2 Å². The Morgan fingerprint density at radius 2 is 2.14 bits per heavy atom. The van der Waals surface area contributed by atoms with Gasteiger partial charge in [-0.1, -0.05) is 15.9 Å². The van der Waals surface area contributed by atoms with Gasteiger partial charge < -0.3 is 15.1 Å². The van der Waals surface area contributed by atoms with Gasteiger partial charge in [0.25, 0.3) is 5.69 Å². The number of rotatable bonds is 4. The third kappa shape index (κ3) is 3.92. The van der Waals surface area contributed by atoms with Gasteiger partial charge in [-0.3, -0.25) is 14.9 Å². The van der Waals surface area contributed by atoms with E-state index in [1.165, 1.54) is 6.07 Å². The maximum Gasteiger partial charge on any atom is 0.293 e. The summed E-state index contributed by atoms with van der Waals surface area (Å²) in [5.74, 6) is -0.0174. The standard InChI is InChI=1S/C13H17BrN4O3/c1-16(9-13(19)17-6-4-15-5-7-17)11-3-2-10(14)8-12(11)18(20)21/h2-3,8,15H,4-7,9H2,1H3. The number of nitrogens with one attached hydrogen (secondary N) is 1. The second-order valence-corrected chi connectivity index (χ2v) is 5.79. The second kappa shape index (κ2) is 6.86. The number of carbonyl (C=O) groups is 1. The number of hydrogen-bond donors (Lipinski definition) is 1. The number of piperazine rings is 1. The minimum atomic E-state index is -0.439. The third-order valence-corrected chi connectivity index (χ3v) is 3.88. The highest BCUT2D eigenvalue weighted by Crippen LogP contribution is 2.30. The lowest BCUT2D eigenvalue weighted by Crippen LogP contribution is -2.49. The maximum atomic E-state index is 12.2. The fraction of sp³-hybridized carbons (Fsp3) is 0.462. The largest absolute Gasteiger partial charge is 0.360 e. The van der Waals surface area contributed by atoms with E-state index in [0.717, 1.165) is 13.1 Å². The summed E-state index contributed by atoms with van der Waals surface area (Å²) in [6.45, 7) is 3.05. The Bertz CT molecular complexity index is 546. The molecule has 1 fully saturated rings. The van der Waals surface area contributed by atoms with Crippen LogP contribution in [0.3, 0.4) is 0 Å². The van der Waals surface area contributed by atoms with Crippen molar-refractivity contribution in [1.82, 2.24) is 10.2 Å². The Kier molecular flexibility index (Phi) is 5.13. The highest BCUT2D eigenvalue weighted by Gasteiger charge is 2.22. The van der Waals surface area contributed by atoms with Crippen molar-refractivity contribution in [3.05, 3.63) is 32.8 Å². The SMILES string of the molecule is CN(CC(=O)N1CCNCC1)c1ccc(Br)cc1[N+](=O)[O-]. The van der Waals surface area contributed by atoms with Crippen LogP contribution in [0.1, 0.15) is 0 Å². The predicted octanol–water partition coefficient (Wildman–Crippen LogP) is 1.23. The van der Waals surface area contributed by atoms with Crippen LogP contribution in [0, 0.1) is 10.1 Å². The predicted molar refractivity (Wildman–Crippen MR) is 83.5 cm³/mol. The number of nitrogens with zero attached hydrogens (tertiary/aromatic N) is 3. The molecule has 7 nitrogen and oxygen atoms in total. The Morgan fingerprint density at radius 1 is 1.48 bits per heavy atom. The molecule has 1 heterocycles. The molecule has 0 aliphatic carbocycles. The van der Waals surface area contributed by atoms with Crippen LogP contribution in [-0.4, -0.2) is 55.5 Å². The quantitative estimate of drug-likeness (QED) is 0.648. The minimum absolute atomic E-state index is 0.0139. The van der Waals surface area contributed by atoms with Crippen molar-refractivity contribution in [3.63, 3.8) is 0 Å². The molecule has 8 heteroatoms. The van der Waals surface area contributed by atoms with Crippen LogP contribution in [0.5, 0.6) is 0 Å². The highest BCUT2D eigenvalue weighted by atomic mass is 79.9. The molecule has 1 aromatic carbocycles. The lowest BCUT2D eigenvalue weighted by molar-refractivity contribution is -0.384. The molecule has 1 saturated heterocycles. The van der Waals surface area contributed by atoms with Crippen LogP contribution >= 0.6 is 15.9 Å². The van der Waals surface area contributed by atoms with E-state index >= 15 is 0 Å². The maximum absolute atomic E-state index is 12.2. The van der Waals surface area contributed by atoms with Crippen molar-refractivity contribution < 1.29 is 9.72 Å². The van der Waals surface area contributed by atoms with Gasteiger partial charge in [0.15, 0.2) is 0 Å². The molecule has 1 amide bonds. The topological polar surface area (TPSA) is 78.7 Å². The Hall–Kier alpha value is -1.67. The molecule has 114 valence electrons. The molecule has 1 aromatic rings. The first kappa shape index (κ1) is 15.7. The minimum Gasteiger partial charge on any atom is -0.360 e. The van der Waals surface area contributed by atoms with Crippen molar-refractivity contribution in [3.8, 4) is 0 Å². The van der Waals surface area contributed by atoms with E-state index in [1.54, 1.807) is 29.0 Å². The summed E-state index contributed by atoms with van der Waals surface area (Å²) >= 11 is 3.22. The number of benzene rings is 1. The van der Waals surface area contributed by atoms with E-state index in [-0.39, 0.29) is 18.1 Å². The zero-order chi connectivity index (χ0) is 15.4. The summed E-state index contributed by atoms with van der Waals surface area (Å²) in [4.78, 5) is 26.3. The summed E-state index contributed by atoms with van der Waals surface area (Å²) in [6, 6.07) is 4.82. The van der Waals surface area contributed by atoms with E-state index in [9.17, 15) is 14.9 Å². The summed E-state index contributed by atoms with van der Waals surface area (Å²) in [7, 11) is 1.69. The smallest absolute Gasteiger partial charge is 0.293 e. The number of likely N-dealkylation sites (N-methyl/N-ethyl adjacent to an activating group) is 1. The second-order valence-electron chi connectivity index (χ2n) is 4.88. The van der Waals surface area contributed by atoms with Crippen LogP contribution in [0.2, 0.25) is 0 Å². The molecule has 0 aromatic heterocycles. The Morgan fingerprint density at radius 3 is 2.76 bits per heavy atom. The van der Waals surface area contributed by atoms with E-state index in [4.69, 9.17) is 0 Å². The molecule has 0 radical (unpaired) electrons. The summed E-state index contributed by atoms with van der Waals surface area (Å²) in [5, 5.41) is 14.3. The average molecular weight is 357 g/mol. The molecular weight excluding hydrogens is 340 g/mol. The lowest BCUT2D eigenvalue weighted by Gasteiger charge is -2.29. The highest BCUT2D eigenvalue weighted by molar-refractivity contribution is 9.10. The average Bonchev–Trinajstić information content (AvgIpc) is 2.47. The van der Waals surface area contributed by atoms with Crippen molar-refractivity contribution >= 4 is 33.2 Å². The number of halogens is 1. The first-order chi connectivity index (χ1) is 9.99. The molecule has 0 unspecified atom stereocenters. The molecule has 1 aliphatic heterocycles. The number of nitro groups is 1. The molecule has 1 aliphatic rings. The fourth-order valence-electron chi connectivity index (χ4n) is 2.27. The van der Waals surface area contributed by atoms with E-state index in [1.807, 2.05) is 0 Å². The molecule has 21 heavy (non-hydrogen) atoms. The third-order valence-electron chi connectivity index (χ3n) is 3.39. The number of hydrogen-bond acceptors (Lipinski definition) is 5. The normalized spacial score (nSPS) is 14.9. The van der Waals surface area contributed by atoms with Crippen LogP contribution in [-0.2, 0) is 4.79 Å². The van der Waals surface area contributed by atoms with Gasteiger partial charge in [-0.15, -0.1) is 0 Å². The van der Waals surface area contributed by atoms with Gasteiger partial charge in [-0.05, 0) is 12.1 Å². The van der Waals surface area contributed by atoms with Crippen molar-refractivity contribution in [1.29, 1.82) is 0 Å². The van der Waals surface area contributed by atoms with Crippen LogP contribution in [0.15, 0.2) is 22.7 Å². The zero-order valence-electron chi connectivity index (χ0n) is 11.7. The summed E-state index contributed by atoms with van der Waals surface area (Å²) < 4.78 is 0.639. The van der Waals surface area contributed by atoms with Gasteiger partial charge in [0.2, 0.25) is 5.91 Å². The van der Waals surface area contributed by atoms with Crippen molar-refractivity contribution in [2.24, 2.45) is 0 Å². The van der Waals surface area contributed by atoms with Crippen molar-refractivity contribution in [2.45, 2.75) is 0 Å². The number of nitro benzene ring substituents is 1. The molecule has 1 N–H and O–H groups in total. The Labute approximate surface area is 131 Å². The summed E-state index contributed by atoms with van der Waals surface area (Å²) in [5.41, 5.74) is 0.423. The van der Waals surface area contributed by atoms with Gasteiger partial charge >= 0.3 is 0 Å². The molecule has 0 atom stereocenters. The van der Waals surface area contributed by atoms with Crippen LogP contribution in [0.25, 0.3) is 0 Å². The van der Waals surface area contributed by atoms with Gasteiger partial charge in [0.05, 0.1) is 11.5 Å². The van der Waals surface area contributed by atoms with Gasteiger partial charge in [-0.2, -0.15) is 0 Å². The van der Waals surface area contributed by atoms with Gasteiger partial charge in [-0.25, -0.2) is 0 Å². The zero-order valence-corrected chi connectivity index (χ0v) is 13.3. The fourth-order valence-corrected chi connectivity index (χ4v) is 2.62. The number of carbonyl (C=O) groups excluding carboxylic acids is 1. The Balaban J connectivity index is 2.11. The van der Waals surface area contributed by atoms with Gasteiger partial charge in [0.1, 0.15) is 5.69 Å². The molecule has 2 rings (SSSR count). The molecule has 0 bridgehead atoms. The number of anilines is 1. The molecule has 0 spiro atoms. The van der Waals surface area contributed by atoms with Crippen LogP contribution in [0.4, 0.5) is 11.4 Å². The van der Waals surface area contributed by atoms with E-state index in [2.05, 4.69) is 21.2 Å². The summed E-state index contributed by atoms with van der Waals surface area (Å²) in [6.07, 6.45) is 0.